The van der Waals surface area contributed by atoms with Crippen molar-refractivity contribution in [1.29, 1.82) is 0 Å². The van der Waals surface area contributed by atoms with Crippen LogP contribution in [0.5, 0.6) is 5.75 Å². The number of benzene rings is 1. The van der Waals surface area contributed by atoms with Gasteiger partial charge in [0, 0.05) is 19.7 Å². The summed E-state index contributed by atoms with van der Waals surface area (Å²) in [6.45, 7) is 9.49. The number of hydrogen-bond acceptors (Lipinski definition) is 5. The first-order valence-corrected chi connectivity index (χ1v) is 9.73. The van der Waals surface area contributed by atoms with Gasteiger partial charge < -0.3 is 19.1 Å². The van der Waals surface area contributed by atoms with Gasteiger partial charge in [-0.25, -0.2) is 0 Å². The van der Waals surface area contributed by atoms with Crippen molar-refractivity contribution in [1.82, 2.24) is 4.90 Å². The average molecular weight is 379 g/mol. The summed E-state index contributed by atoms with van der Waals surface area (Å²) in [5.41, 5.74) is 1.22. The monoisotopic (exact) mass is 379 g/mol. The molecule has 0 saturated heterocycles. The lowest BCUT2D eigenvalue weighted by molar-refractivity contribution is -0.144. The van der Waals surface area contributed by atoms with Crippen LogP contribution in [0.15, 0.2) is 24.3 Å². The first-order chi connectivity index (χ1) is 13.0. The number of carbonyl (C=O) groups is 2. The van der Waals surface area contributed by atoms with Crippen molar-refractivity contribution in [3.05, 3.63) is 29.8 Å². The number of carbonyl (C=O) groups excluding carboxylic acids is 2. The Morgan fingerprint density at radius 3 is 2.37 bits per heavy atom. The Morgan fingerprint density at radius 1 is 1.07 bits per heavy atom. The molecule has 0 heterocycles. The average Bonchev–Trinajstić information content (AvgIpc) is 2.65. The van der Waals surface area contributed by atoms with E-state index < -0.39 is 0 Å². The van der Waals surface area contributed by atoms with E-state index in [1.807, 2.05) is 38.1 Å². The predicted octanol–water partition coefficient (Wildman–Crippen LogP) is 3.22. The maximum atomic E-state index is 12.5. The van der Waals surface area contributed by atoms with E-state index in [-0.39, 0.29) is 31.0 Å². The van der Waals surface area contributed by atoms with Crippen molar-refractivity contribution in [2.24, 2.45) is 0 Å². The lowest BCUT2D eigenvalue weighted by Crippen LogP contribution is -2.38. The van der Waals surface area contributed by atoms with Crippen molar-refractivity contribution in [3.8, 4) is 5.75 Å². The Bertz CT molecular complexity index is 556. The molecule has 0 N–H and O–H groups in total. The molecule has 1 aromatic carbocycles. The minimum absolute atomic E-state index is 0.0562. The van der Waals surface area contributed by atoms with Gasteiger partial charge in [-0.2, -0.15) is 0 Å². The van der Waals surface area contributed by atoms with Gasteiger partial charge in [-0.15, -0.1) is 0 Å². The number of rotatable bonds is 13. The van der Waals surface area contributed by atoms with E-state index in [1.54, 1.807) is 11.8 Å². The third-order valence-electron chi connectivity index (χ3n) is 3.96. The minimum atomic E-state index is -0.301. The Balaban J connectivity index is 2.53. The summed E-state index contributed by atoms with van der Waals surface area (Å²) in [6.07, 6.45) is 2.00. The first-order valence-electron chi connectivity index (χ1n) is 9.73. The van der Waals surface area contributed by atoms with Crippen LogP contribution >= 0.6 is 0 Å². The molecule has 0 aromatic heterocycles. The van der Waals surface area contributed by atoms with Crippen LogP contribution in [0.25, 0.3) is 0 Å². The summed E-state index contributed by atoms with van der Waals surface area (Å²) in [5.74, 6) is 0.210. The van der Waals surface area contributed by atoms with Crippen LogP contribution in [0.1, 0.15) is 46.1 Å². The SMILES string of the molecule is CCOC(=O)CCN(CCCOC(C)C)C(=O)COc1ccc(CC)cc1. The molecule has 1 amide bonds. The molecule has 0 unspecified atom stereocenters. The molecular formula is C21H33NO5. The van der Waals surface area contributed by atoms with Gasteiger partial charge in [0.1, 0.15) is 5.75 Å². The van der Waals surface area contributed by atoms with Crippen molar-refractivity contribution >= 4 is 11.9 Å². The molecule has 152 valence electrons. The van der Waals surface area contributed by atoms with Crippen LogP contribution in [-0.2, 0) is 25.5 Å². The van der Waals surface area contributed by atoms with Gasteiger partial charge in [-0.1, -0.05) is 19.1 Å². The minimum Gasteiger partial charge on any atom is -0.484 e. The standard InChI is InChI=1S/C21H33NO5/c1-5-18-8-10-19(11-9-18)27-16-20(23)22(13-7-15-26-17(3)4)14-12-21(24)25-6-2/h8-11,17H,5-7,12-16H2,1-4H3. The molecule has 6 heteroatoms. The zero-order valence-corrected chi connectivity index (χ0v) is 17.0. The van der Waals surface area contributed by atoms with E-state index in [9.17, 15) is 9.59 Å². The first kappa shape index (κ1) is 23.0. The summed E-state index contributed by atoms with van der Waals surface area (Å²) in [5, 5.41) is 0. The summed E-state index contributed by atoms with van der Waals surface area (Å²) in [4.78, 5) is 25.8. The molecule has 0 radical (unpaired) electrons. The van der Waals surface area contributed by atoms with Gasteiger partial charge in [0.05, 0.1) is 19.1 Å². The number of amides is 1. The van der Waals surface area contributed by atoms with Crippen LogP contribution in [0.2, 0.25) is 0 Å². The van der Waals surface area contributed by atoms with E-state index >= 15 is 0 Å². The summed E-state index contributed by atoms with van der Waals surface area (Å²) < 4.78 is 16.1. The fourth-order valence-corrected chi connectivity index (χ4v) is 2.45. The summed E-state index contributed by atoms with van der Waals surface area (Å²) in [7, 11) is 0. The highest BCUT2D eigenvalue weighted by Gasteiger charge is 2.16. The van der Waals surface area contributed by atoms with Gasteiger partial charge in [-0.05, 0) is 51.3 Å². The van der Waals surface area contributed by atoms with E-state index in [0.29, 0.717) is 38.5 Å². The van der Waals surface area contributed by atoms with Crippen molar-refractivity contribution in [2.75, 3.05) is 32.9 Å². The number of aryl methyl sites for hydroxylation is 1. The maximum absolute atomic E-state index is 12.5. The fraction of sp³-hybridized carbons (Fsp3) is 0.619. The topological polar surface area (TPSA) is 65.1 Å². The van der Waals surface area contributed by atoms with Crippen LogP contribution in [0, 0.1) is 0 Å². The van der Waals surface area contributed by atoms with Gasteiger partial charge in [0.15, 0.2) is 6.61 Å². The molecule has 1 rings (SSSR count). The van der Waals surface area contributed by atoms with Crippen molar-refractivity contribution in [2.45, 2.75) is 53.1 Å². The third-order valence-corrected chi connectivity index (χ3v) is 3.96. The number of hydrogen-bond donors (Lipinski definition) is 0. The van der Waals surface area contributed by atoms with Crippen molar-refractivity contribution < 1.29 is 23.8 Å². The van der Waals surface area contributed by atoms with E-state index in [4.69, 9.17) is 14.2 Å². The highest BCUT2D eigenvalue weighted by molar-refractivity contribution is 5.78. The smallest absolute Gasteiger partial charge is 0.307 e. The highest BCUT2D eigenvalue weighted by Crippen LogP contribution is 2.12. The zero-order valence-electron chi connectivity index (χ0n) is 17.0. The Hall–Kier alpha value is -2.08. The fourth-order valence-electron chi connectivity index (χ4n) is 2.45. The molecule has 0 spiro atoms. The molecule has 1 aromatic rings. The van der Waals surface area contributed by atoms with Gasteiger partial charge >= 0.3 is 5.97 Å². The molecule has 0 aliphatic heterocycles. The molecule has 27 heavy (non-hydrogen) atoms. The van der Waals surface area contributed by atoms with Crippen LogP contribution in [-0.4, -0.2) is 55.8 Å². The van der Waals surface area contributed by atoms with Gasteiger partial charge in [-0.3, -0.25) is 9.59 Å². The lowest BCUT2D eigenvalue weighted by Gasteiger charge is -2.23. The second kappa shape index (κ2) is 13.1. The number of ether oxygens (including phenoxy) is 3. The molecule has 0 aliphatic rings. The quantitative estimate of drug-likeness (QED) is 0.389. The highest BCUT2D eigenvalue weighted by atomic mass is 16.5. The third kappa shape index (κ3) is 9.99. The molecule has 0 fully saturated rings. The van der Waals surface area contributed by atoms with Gasteiger partial charge in [0.2, 0.25) is 0 Å². The van der Waals surface area contributed by atoms with Crippen LogP contribution in [0.4, 0.5) is 0 Å². The molecule has 0 saturated carbocycles. The number of nitrogens with zero attached hydrogens (tertiary/aromatic N) is 1. The molecule has 6 nitrogen and oxygen atoms in total. The maximum Gasteiger partial charge on any atom is 0.307 e. The Labute approximate surface area is 162 Å². The second-order valence-electron chi connectivity index (χ2n) is 6.50. The molecule has 0 bridgehead atoms. The lowest BCUT2D eigenvalue weighted by atomic mass is 10.2. The zero-order chi connectivity index (χ0) is 20.1. The molecule has 0 aliphatic carbocycles. The van der Waals surface area contributed by atoms with Crippen molar-refractivity contribution in [3.63, 3.8) is 0 Å². The Morgan fingerprint density at radius 2 is 1.78 bits per heavy atom. The van der Waals surface area contributed by atoms with E-state index in [2.05, 4.69) is 6.92 Å². The summed E-state index contributed by atoms with van der Waals surface area (Å²) >= 11 is 0. The largest absolute Gasteiger partial charge is 0.484 e. The van der Waals surface area contributed by atoms with E-state index in [1.165, 1.54) is 5.56 Å². The predicted molar refractivity (Wildman–Crippen MR) is 105 cm³/mol. The molecule has 0 atom stereocenters. The molecular weight excluding hydrogens is 346 g/mol. The second-order valence-corrected chi connectivity index (χ2v) is 6.50. The normalized spacial score (nSPS) is 10.7. The summed E-state index contributed by atoms with van der Waals surface area (Å²) in [6, 6.07) is 7.71. The van der Waals surface area contributed by atoms with Gasteiger partial charge in [0.25, 0.3) is 5.91 Å². The van der Waals surface area contributed by atoms with E-state index in [0.717, 1.165) is 6.42 Å². The van der Waals surface area contributed by atoms with Crippen LogP contribution < -0.4 is 4.74 Å². The Kier molecular flexibility index (Phi) is 11.2. The number of esters is 1. The van der Waals surface area contributed by atoms with Crippen LogP contribution in [0.3, 0.4) is 0 Å².